The number of amides is 1. The monoisotopic (exact) mass is 369 g/mol. The number of hydrogen-bond acceptors (Lipinski definition) is 4. The van der Waals surface area contributed by atoms with E-state index in [0.717, 1.165) is 11.4 Å². The minimum absolute atomic E-state index is 0.240. The second kappa shape index (κ2) is 5.77. The van der Waals surface area contributed by atoms with E-state index in [1.165, 1.54) is 4.90 Å². The number of furan rings is 1. The summed E-state index contributed by atoms with van der Waals surface area (Å²) in [5.74, 6) is 1.33. The lowest BCUT2D eigenvalue weighted by Crippen LogP contribution is -2.37. The maximum Gasteiger partial charge on any atom is 0.407 e. The van der Waals surface area contributed by atoms with Crippen molar-refractivity contribution in [3.63, 3.8) is 0 Å². The van der Waals surface area contributed by atoms with Gasteiger partial charge in [-0.25, -0.2) is 9.78 Å². The van der Waals surface area contributed by atoms with Gasteiger partial charge in [-0.3, -0.25) is 4.90 Å². The van der Waals surface area contributed by atoms with Gasteiger partial charge in [-0.2, -0.15) is 0 Å². The van der Waals surface area contributed by atoms with Crippen molar-refractivity contribution in [3.05, 3.63) is 28.3 Å². The van der Waals surface area contributed by atoms with E-state index >= 15 is 0 Å². The lowest BCUT2D eigenvalue weighted by molar-refractivity contribution is 0.132. The summed E-state index contributed by atoms with van der Waals surface area (Å²) >= 11 is 3.29. The van der Waals surface area contributed by atoms with Crippen LogP contribution < -0.4 is 0 Å². The molecule has 0 saturated carbocycles. The summed E-state index contributed by atoms with van der Waals surface area (Å²) in [6.45, 7) is 2.86. The molecule has 1 atom stereocenters. The molecule has 0 fully saturated rings. The summed E-state index contributed by atoms with van der Waals surface area (Å²) in [7, 11) is 0. The van der Waals surface area contributed by atoms with E-state index in [2.05, 4.69) is 20.9 Å². The van der Waals surface area contributed by atoms with Crippen LogP contribution in [0.25, 0.3) is 11.5 Å². The van der Waals surface area contributed by atoms with Crippen molar-refractivity contribution in [2.45, 2.75) is 32.5 Å². The zero-order valence-corrected chi connectivity index (χ0v) is 13.6. The number of aliphatic hydroxyl groups is 1. The Morgan fingerprint density at radius 1 is 1.50 bits per heavy atom. The van der Waals surface area contributed by atoms with Crippen molar-refractivity contribution in [3.8, 4) is 11.5 Å². The Hall–Kier alpha value is -1.80. The molecule has 7 nitrogen and oxygen atoms in total. The second-order valence-electron chi connectivity index (χ2n) is 5.34. The number of carbonyl (C=O) groups is 1. The Kier molecular flexibility index (Phi) is 3.96. The Morgan fingerprint density at radius 2 is 2.27 bits per heavy atom. The van der Waals surface area contributed by atoms with E-state index in [-0.39, 0.29) is 6.54 Å². The van der Waals surface area contributed by atoms with Gasteiger partial charge in [0.2, 0.25) is 0 Å². The van der Waals surface area contributed by atoms with Crippen molar-refractivity contribution in [2.24, 2.45) is 0 Å². The van der Waals surface area contributed by atoms with E-state index in [1.54, 1.807) is 13.0 Å². The third-order valence-corrected chi connectivity index (χ3v) is 4.04. The van der Waals surface area contributed by atoms with Crippen molar-refractivity contribution >= 4 is 22.0 Å². The number of nitrogens with zero attached hydrogens (tertiary/aromatic N) is 3. The molecule has 2 aromatic rings. The van der Waals surface area contributed by atoms with Gasteiger partial charge in [-0.1, -0.05) is 0 Å². The molecule has 118 valence electrons. The first-order chi connectivity index (χ1) is 10.5. The first kappa shape index (κ1) is 15.1. The highest BCUT2D eigenvalue weighted by molar-refractivity contribution is 9.10. The lowest BCUT2D eigenvalue weighted by atomic mass is 10.1. The van der Waals surface area contributed by atoms with Gasteiger partial charge in [0.1, 0.15) is 11.5 Å². The SMILES string of the molecule is CC(O)Cc1nc2n(c1-c1ccc(Br)o1)CCN(C(=O)O)C2. The van der Waals surface area contributed by atoms with Gasteiger partial charge in [0.25, 0.3) is 0 Å². The summed E-state index contributed by atoms with van der Waals surface area (Å²) in [6, 6.07) is 3.64. The molecule has 2 N–H and O–H groups in total. The van der Waals surface area contributed by atoms with E-state index < -0.39 is 12.2 Å². The number of aliphatic hydroxyl groups excluding tert-OH is 1. The third kappa shape index (κ3) is 2.76. The lowest BCUT2D eigenvalue weighted by Gasteiger charge is -2.25. The number of hydrogen-bond donors (Lipinski definition) is 2. The number of imidazole rings is 1. The molecule has 0 spiro atoms. The van der Waals surface area contributed by atoms with Gasteiger partial charge in [0.05, 0.1) is 18.3 Å². The summed E-state index contributed by atoms with van der Waals surface area (Å²) < 4.78 is 8.22. The number of carboxylic acid groups (broad SMARTS) is 1. The molecule has 0 bridgehead atoms. The van der Waals surface area contributed by atoms with Crippen LogP contribution in [0, 0.1) is 0 Å². The topological polar surface area (TPSA) is 91.7 Å². The summed E-state index contributed by atoms with van der Waals surface area (Å²) in [4.78, 5) is 17.0. The van der Waals surface area contributed by atoms with Crippen LogP contribution in [0.1, 0.15) is 18.4 Å². The number of aromatic nitrogens is 2. The zero-order chi connectivity index (χ0) is 15.9. The van der Waals surface area contributed by atoms with E-state index in [0.29, 0.717) is 35.8 Å². The standard InChI is InChI=1S/C14H16BrN3O4/c1-8(19)6-9-13(10-2-3-11(15)22-10)18-5-4-17(14(20)21)7-12(18)16-9/h2-3,8,19H,4-7H2,1H3,(H,20,21). The predicted molar refractivity (Wildman–Crippen MR) is 81.4 cm³/mol. The van der Waals surface area contributed by atoms with Gasteiger partial charge >= 0.3 is 6.09 Å². The molecule has 0 aromatic carbocycles. The fraction of sp³-hybridized carbons (Fsp3) is 0.429. The van der Waals surface area contributed by atoms with Crippen molar-refractivity contribution in [2.75, 3.05) is 6.54 Å². The van der Waals surface area contributed by atoms with Crippen LogP contribution >= 0.6 is 15.9 Å². The van der Waals surface area contributed by atoms with E-state index in [1.807, 2.05) is 10.6 Å². The minimum atomic E-state index is -0.950. The average molecular weight is 370 g/mol. The first-order valence-electron chi connectivity index (χ1n) is 6.95. The van der Waals surface area contributed by atoms with Gasteiger partial charge < -0.3 is 19.2 Å². The molecule has 1 amide bonds. The highest BCUT2D eigenvalue weighted by Gasteiger charge is 2.28. The fourth-order valence-corrected chi connectivity index (χ4v) is 2.99. The smallest absolute Gasteiger partial charge is 0.407 e. The van der Waals surface area contributed by atoms with Crippen LogP contribution in [-0.2, 0) is 19.5 Å². The quantitative estimate of drug-likeness (QED) is 0.865. The minimum Gasteiger partial charge on any atom is -0.465 e. The molecular weight excluding hydrogens is 354 g/mol. The molecule has 3 heterocycles. The van der Waals surface area contributed by atoms with E-state index in [4.69, 9.17) is 9.52 Å². The van der Waals surface area contributed by atoms with Crippen LogP contribution in [0.3, 0.4) is 0 Å². The molecule has 8 heteroatoms. The zero-order valence-electron chi connectivity index (χ0n) is 12.0. The molecule has 1 unspecified atom stereocenters. The highest BCUT2D eigenvalue weighted by atomic mass is 79.9. The Balaban J connectivity index is 2.05. The predicted octanol–water partition coefficient (Wildman–Crippen LogP) is 2.32. The highest BCUT2D eigenvalue weighted by Crippen LogP contribution is 2.31. The summed E-state index contributed by atoms with van der Waals surface area (Å²) in [6.07, 6.45) is -1.10. The van der Waals surface area contributed by atoms with E-state index in [9.17, 15) is 9.90 Å². The van der Waals surface area contributed by atoms with Gasteiger partial charge in [0.15, 0.2) is 10.4 Å². The molecule has 0 radical (unpaired) electrons. The maximum absolute atomic E-state index is 11.1. The average Bonchev–Trinajstić information content (AvgIpc) is 3.00. The molecule has 2 aromatic heterocycles. The van der Waals surface area contributed by atoms with Crippen LogP contribution in [0.4, 0.5) is 4.79 Å². The normalized spacial score (nSPS) is 15.7. The van der Waals surface area contributed by atoms with Crippen LogP contribution in [0.15, 0.2) is 21.2 Å². The largest absolute Gasteiger partial charge is 0.465 e. The molecule has 1 aliphatic rings. The van der Waals surface area contributed by atoms with Crippen molar-refractivity contribution in [1.29, 1.82) is 0 Å². The van der Waals surface area contributed by atoms with Crippen molar-refractivity contribution in [1.82, 2.24) is 14.5 Å². The van der Waals surface area contributed by atoms with Crippen LogP contribution in [0.5, 0.6) is 0 Å². The number of halogens is 1. The molecule has 1 aliphatic heterocycles. The molecule has 3 rings (SSSR count). The van der Waals surface area contributed by atoms with Crippen LogP contribution in [0.2, 0.25) is 0 Å². The first-order valence-corrected chi connectivity index (χ1v) is 7.75. The van der Waals surface area contributed by atoms with Gasteiger partial charge in [-0.15, -0.1) is 0 Å². The van der Waals surface area contributed by atoms with Crippen LogP contribution in [-0.4, -0.2) is 43.4 Å². The summed E-state index contributed by atoms with van der Waals surface area (Å²) in [5, 5.41) is 18.8. The maximum atomic E-state index is 11.1. The Morgan fingerprint density at radius 3 is 2.86 bits per heavy atom. The van der Waals surface area contributed by atoms with Gasteiger partial charge in [0, 0.05) is 19.5 Å². The Labute approximate surface area is 135 Å². The Bertz CT molecular complexity index is 707. The second-order valence-corrected chi connectivity index (χ2v) is 6.12. The number of fused-ring (bicyclic) bond motifs is 1. The molecular formula is C14H16BrN3O4. The summed E-state index contributed by atoms with van der Waals surface area (Å²) in [5.41, 5.74) is 1.53. The van der Waals surface area contributed by atoms with Crippen molar-refractivity contribution < 1.29 is 19.4 Å². The fourth-order valence-electron chi connectivity index (χ4n) is 2.69. The molecule has 22 heavy (non-hydrogen) atoms. The molecule has 0 saturated heterocycles. The van der Waals surface area contributed by atoms with Gasteiger partial charge in [-0.05, 0) is 35.0 Å². The molecule has 0 aliphatic carbocycles. The number of rotatable bonds is 3. The third-order valence-electron chi connectivity index (χ3n) is 3.61.